The number of para-hydroxylation sites is 1. The number of nitro benzene ring substituents is 1. The quantitative estimate of drug-likeness (QED) is 0.653. The van der Waals surface area contributed by atoms with Gasteiger partial charge < -0.3 is 15.0 Å². The molecule has 1 aliphatic rings. The fourth-order valence-corrected chi connectivity index (χ4v) is 3.32. The summed E-state index contributed by atoms with van der Waals surface area (Å²) in [5.41, 5.74) is 1.46. The van der Waals surface area contributed by atoms with Crippen LogP contribution in [0.3, 0.4) is 0 Å². The summed E-state index contributed by atoms with van der Waals surface area (Å²) in [4.78, 5) is 29.4. The van der Waals surface area contributed by atoms with Crippen LogP contribution in [-0.2, 0) is 4.74 Å². The molecule has 2 heterocycles. The molecule has 0 radical (unpaired) electrons. The average Bonchev–Trinajstić information content (AvgIpc) is 2.99. The molecule has 0 aliphatic carbocycles. The first-order chi connectivity index (χ1) is 12.6. The van der Waals surface area contributed by atoms with Crippen molar-refractivity contribution in [2.75, 3.05) is 18.0 Å². The van der Waals surface area contributed by atoms with Crippen molar-refractivity contribution in [2.24, 2.45) is 0 Å². The van der Waals surface area contributed by atoms with Crippen LogP contribution in [-0.4, -0.2) is 40.7 Å². The molecule has 8 nitrogen and oxygen atoms in total. The molecule has 1 fully saturated rings. The van der Waals surface area contributed by atoms with E-state index in [2.05, 4.69) is 15.2 Å². The lowest BCUT2D eigenvalue weighted by molar-refractivity contribution is -0.383. The Morgan fingerprint density at radius 3 is 2.81 bits per heavy atom. The second-order valence-electron chi connectivity index (χ2n) is 7.79. The number of pyridine rings is 1. The highest BCUT2D eigenvalue weighted by Crippen LogP contribution is 2.33. The molecule has 0 saturated carbocycles. The number of nitro groups is 1. The summed E-state index contributed by atoms with van der Waals surface area (Å²) in [6, 6.07) is 6.88. The zero-order valence-corrected chi connectivity index (χ0v) is 16.0. The Morgan fingerprint density at radius 2 is 2.15 bits per heavy atom. The highest BCUT2D eigenvalue weighted by atomic mass is 16.6. The number of ether oxygens (including phenoxy) is 1. The summed E-state index contributed by atoms with van der Waals surface area (Å²) < 4.78 is 5.32. The van der Waals surface area contributed by atoms with Crippen LogP contribution < -0.4 is 10.2 Å². The van der Waals surface area contributed by atoms with Crippen LogP contribution in [0.2, 0.25) is 0 Å². The van der Waals surface area contributed by atoms with E-state index in [1.807, 2.05) is 39.8 Å². The number of benzene rings is 1. The fourth-order valence-electron chi connectivity index (χ4n) is 3.32. The number of aryl methyl sites for hydroxylation is 1. The van der Waals surface area contributed by atoms with Gasteiger partial charge in [-0.1, -0.05) is 12.1 Å². The number of alkyl carbamates (subject to hydrolysis) is 1. The van der Waals surface area contributed by atoms with Gasteiger partial charge in [0.1, 0.15) is 5.60 Å². The molecule has 1 amide bonds. The molecule has 0 spiro atoms. The Bertz CT molecular complexity index is 891. The molecule has 1 aromatic carbocycles. The van der Waals surface area contributed by atoms with E-state index >= 15 is 0 Å². The first-order valence-corrected chi connectivity index (χ1v) is 8.93. The van der Waals surface area contributed by atoms with Crippen molar-refractivity contribution in [1.29, 1.82) is 0 Å². The van der Waals surface area contributed by atoms with Crippen LogP contribution in [0.5, 0.6) is 0 Å². The molecule has 1 aliphatic heterocycles. The SMILES string of the molecule is Cc1cc(N2CCC(NC(=O)OC(C)(C)C)C2)c2cccc([N+](=O)[O-])c2n1. The number of nitrogens with one attached hydrogen (secondary N) is 1. The number of hydrogen-bond donors (Lipinski definition) is 1. The number of aromatic nitrogens is 1. The van der Waals surface area contributed by atoms with Gasteiger partial charge >= 0.3 is 6.09 Å². The van der Waals surface area contributed by atoms with Gasteiger partial charge in [-0.2, -0.15) is 0 Å². The van der Waals surface area contributed by atoms with Crippen molar-refractivity contribution in [3.8, 4) is 0 Å². The zero-order valence-electron chi connectivity index (χ0n) is 16.0. The van der Waals surface area contributed by atoms with Gasteiger partial charge in [0.15, 0.2) is 5.52 Å². The van der Waals surface area contributed by atoms with Crippen LogP contribution in [0.25, 0.3) is 10.9 Å². The zero-order chi connectivity index (χ0) is 19.8. The number of carbonyl (C=O) groups excluding carboxylic acids is 1. The van der Waals surface area contributed by atoms with E-state index in [9.17, 15) is 14.9 Å². The maximum atomic E-state index is 12.0. The van der Waals surface area contributed by atoms with Gasteiger partial charge in [0.05, 0.1) is 11.0 Å². The minimum Gasteiger partial charge on any atom is -0.444 e. The molecule has 1 saturated heterocycles. The predicted molar refractivity (Wildman–Crippen MR) is 103 cm³/mol. The van der Waals surface area contributed by atoms with Crippen LogP contribution >= 0.6 is 0 Å². The van der Waals surface area contributed by atoms with Gasteiger partial charge in [0.2, 0.25) is 0 Å². The molecular formula is C19H24N4O4. The first kappa shape index (κ1) is 18.9. The lowest BCUT2D eigenvalue weighted by atomic mass is 10.1. The molecule has 1 aromatic heterocycles. The Hall–Kier alpha value is -2.90. The third kappa shape index (κ3) is 4.27. The topological polar surface area (TPSA) is 97.6 Å². The average molecular weight is 372 g/mol. The summed E-state index contributed by atoms with van der Waals surface area (Å²) in [6.07, 6.45) is 0.345. The van der Waals surface area contributed by atoms with E-state index in [4.69, 9.17) is 4.74 Å². The summed E-state index contributed by atoms with van der Waals surface area (Å²) in [5.74, 6) is 0. The Morgan fingerprint density at radius 1 is 1.41 bits per heavy atom. The second kappa shape index (κ2) is 7.02. The maximum absolute atomic E-state index is 12.0. The number of rotatable bonds is 3. The predicted octanol–water partition coefficient (Wildman–Crippen LogP) is 3.55. The summed E-state index contributed by atoms with van der Waals surface area (Å²) in [6.45, 7) is 8.65. The third-order valence-corrected chi connectivity index (χ3v) is 4.37. The Labute approximate surface area is 157 Å². The first-order valence-electron chi connectivity index (χ1n) is 8.93. The van der Waals surface area contributed by atoms with E-state index in [1.165, 1.54) is 6.07 Å². The molecule has 1 N–H and O–H groups in total. The number of non-ortho nitro benzene ring substituents is 1. The molecule has 144 valence electrons. The third-order valence-electron chi connectivity index (χ3n) is 4.37. The fraction of sp³-hybridized carbons (Fsp3) is 0.474. The lowest BCUT2D eigenvalue weighted by Crippen LogP contribution is -2.40. The Kier molecular flexibility index (Phi) is 4.91. The van der Waals surface area contributed by atoms with Crippen molar-refractivity contribution >= 4 is 28.4 Å². The Balaban J connectivity index is 1.84. The maximum Gasteiger partial charge on any atom is 0.407 e. The monoisotopic (exact) mass is 372 g/mol. The number of anilines is 1. The molecule has 27 heavy (non-hydrogen) atoms. The van der Waals surface area contributed by atoms with Gasteiger partial charge in [0.25, 0.3) is 5.69 Å². The van der Waals surface area contributed by atoms with Gasteiger partial charge in [-0.25, -0.2) is 9.78 Å². The van der Waals surface area contributed by atoms with E-state index in [-0.39, 0.29) is 11.7 Å². The molecule has 8 heteroatoms. The number of carbonyl (C=O) groups is 1. The molecule has 0 bridgehead atoms. The molecule has 3 rings (SSSR count). The van der Waals surface area contributed by atoms with E-state index in [0.717, 1.165) is 29.7 Å². The summed E-state index contributed by atoms with van der Waals surface area (Å²) in [5, 5.41) is 15.0. The molecule has 1 unspecified atom stereocenters. The largest absolute Gasteiger partial charge is 0.444 e. The normalized spacial score (nSPS) is 17.2. The lowest BCUT2D eigenvalue weighted by Gasteiger charge is -2.23. The van der Waals surface area contributed by atoms with Crippen LogP contribution in [0.4, 0.5) is 16.2 Å². The van der Waals surface area contributed by atoms with E-state index < -0.39 is 16.6 Å². The van der Waals surface area contributed by atoms with Gasteiger partial charge in [-0.3, -0.25) is 10.1 Å². The highest BCUT2D eigenvalue weighted by molar-refractivity contribution is 5.97. The van der Waals surface area contributed by atoms with E-state index in [0.29, 0.717) is 12.1 Å². The van der Waals surface area contributed by atoms with Crippen molar-refractivity contribution in [3.63, 3.8) is 0 Å². The minimum absolute atomic E-state index is 0.0000712. The smallest absolute Gasteiger partial charge is 0.407 e. The van der Waals surface area contributed by atoms with Gasteiger partial charge in [-0.15, -0.1) is 0 Å². The van der Waals surface area contributed by atoms with Gasteiger partial charge in [-0.05, 0) is 40.2 Å². The number of amides is 1. The van der Waals surface area contributed by atoms with Crippen LogP contribution in [0, 0.1) is 17.0 Å². The summed E-state index contributed by atoms with van der Waals surface area (Å²) >= 11 is 0. The van der Waals surface area contributed by atoms with Crippen LogP contribution in [0.1, 0.15) is 32.9 Å². The van der Waals surface area contributed by atoms with Gasteiger partial charge in [0, 0.05) is 35.9 Å². The number of hydrogen-bond acceptors (Lipinski definition) is 6. The van der Waals surface area contributed by atoms with Crippen molar-refractivity contribution in [3.05, 3.63) is 40.1 Å². The molecule has 2 aromatic rings. The van der Waals surface area contributed by atoms with Crippen molar-refractivity contribution in [2.45, 2.75) is 45.8 Å². The van der Waals surface area contributed by atoms with Crippen molar-refractivity contribution in [1.82, 2.24) is 10.3 Å². The standard InChI is InChI=1S/C19H24N4O4/c1-12-10-16(14-6-5-7-15(23(25)26)17(14)20-12)22-9-8-13(11-22)21-18(24)27-19(2,3)4/h5-7,10,13H,8-9,11H2,1-4H3,(H,21,24). The highest BCUT2D eigenvalue weighted by Gasteiger charge is 2.28. The second-order valence-corrected chi connectivity index (χ2v) is 7.79. The summed E-state index contributed by atoms with van der Waals surface area (Å²) in [7, 11) is 0. The van der Waals surface area contributed by atoms with Crippen LogP contribution in [0.15, 0.2) is 24.3 Å². The molecular weight excluding hydrogens is 348 g/mol. The minimum atomic E-state index is -0.542. The van der Waals surface area contributed by atoms with E-state index in [1.54, 1.807) is 6.07 Å². The number of fused-ring (bicyclic) bond motifs is 1. The number of nitrogens with zero attached hydrogens (tertiary/aromatic N) is 3. The molecule has 1 atom stereocenters. The van der Waals surface area contributed by atoms with Crippen molar-refractivity contribution < 1.29 is 14.5 Å².